The molecule has 2 aromatic heterocycles. The average molecular weight is 382 g/mol. The van der Waals surface area contributed by atoms with E-state index in [0.717, 1.165) is 4.88 Å². The molecule has 0 radical (unpaired) electrons. The number of benzene rings is 1. The minimum absolute atomic E-state index is 0.153. The zero-order valence-corrected chi connectivity index (χ0v) is 15.5. The van der Waals surface area contributed by atoms with Gasteiger partial charge in [0, 0.05) is 4.88 Å². The first-order valence-corrected chi connectivity index (χ1v) is 9.23. The van der Waals surface area contributed by atoms with E-state index in [-0.39, 0.29) is 5.91 Å². The minimum Gasteiger partial charge on any atom is -0.462 e. The van der Waals surface area contributed by atoms with Gasteiger partial charge in [0.2, 0.25) is 5.91 Å². The van der Waals surface area contributed by atoms with Crippen molar-refractivity contribution in [3.63, 3.8) is 0 Å². The van der Waals surface area contributed by atoms with Crippen molar-refractivity contribution in [1.29, 1.82) is 0 Å². The van der Waals surface area contributed by atoms with Crippen LogP contribution in [0.1, 0.15) is 22.2 Å². The standard InChI is InChI=1S/C19H18N4O3S/c1-2-26-19(25)14-7-3-4-8-15(14)20-16-9-10-17(23-22-16)21-18(24)12-13-6-5-11-27-13/h3-11H,2,12H2,1H3,(H,20,22)(H,21,23,24). The number of esters is 1. The molecule has 1 amide bonds. The van der Waals surface area contributed by atoms with E-state index in [1.807, 2.05) is 17.5 Å². The molecule has 2 N–H and O–H groups in total. The molecule has 0 atom stereocenters. The van der Waals surface area contributed by atoms with Gasteiger partial charge in [0.15, 0.2) is 11.6 Å². The van der Waals surface area contributed by atoms with Crippen LogP contribution in [0.4, 0.5) is 17.3 Å². The van der Waals surface area contributed by atoms with E-state index in [1.165, 1.54) is 11.3 Å². The van der Waals surface area contributed by atoms with Crippen LogP contribution in [-0.4, -0.2) is 28.7 Å². The third-order valence-corrected chi connectivity index (χ3v) is 4.41. The van der Waals surface area contributed by atoms with Gasteiger partial charge in [0.05, 0.1) is 24.3 Å². The molecule has 2 heterocycles. The third kappa shape index (κ3) is 5.11. The van der Waals surface area contributed by atoms with Crippen molar-refractivity contribution < 1.29 is 14.3 Å². The molecular weight excluding hydrogens is 364 g/mol. The number of aromatic nitrogens is 2. The molecule has 3 rings (SSSR count). The van der Waals surface area contributed by atoms with Gasteiger partial charge in [0.25, 0.3) is 0 Å². The highest BCUT2D eigenvalue weighted by Crippen LogP contribution is 2.20. The summed E-state index contributed by atoms with van der Waals surface area (Å²) >= 11 is 1.53. The summed E-state index contributed by atoms with van der Waals surface area (Å²) in [6, 6.07) is 14.1. The highest BCUT2D eigenvalue weighted by atomic mass is 32.1. The number of nitrogens with zero attached hydrogens (tertiary/aromatic N) is 2. The second-order valence-electron chi connectivity index (χ2n) is 5.50. The van der Waals surface area contributed by atoms with Gasteiger partial charge in [-0.2, -0.15) is 0 Å². The topological polar surface area (TPSA) is 93.2 Å². The summed E-state index contributed by atoms with van der Waals surface area (Å²) in [5.41, 5.74) is 0.981. The number of anilines is 3. The van der Waals surface area contributed by atoms with Gasteiger partial charge < -0.3 is 15.4 Å². The predicted octanol–water partition coefficient (Wildman–Crippen LogP) is 3.64. The second-order valence-corrected chi connectivity index (χ2v) is 6.53. The molecule has 0 aliphatic heterocycles. The molecule has 0 unspecified atom stereocenters. The first-order chi connectivity index (χ1) is 13.2. The maximum atomic E-state index is 12.0. The Morgan fingerprint density at radius 2 is 1.81 bits per heavy atom. The van der Waals surface area contributed by atoms with Crippen LogP contribution < -0.4 is 10.6 Å². The van der Waals surface area contributed by atoms with E-state index in [9.17, 15) is 9.59 Å². The molecule has 3 aromatic rings. The van der Waals surface area contributed by atoms with Gasteiger partial charge in [-0.05, 0) is 42.6 Å². The molecule has 27 heavy (non-hydrogen) atoms. The summed E-state index contributed by atoms with van der Waals surface area (Å²) in [4.78, 5) is 25.0. The van der Waals surface area contributed by atoms with E-state index in [2.05, 4.69) is 20.8 Å². The summed E-state index contributed by atoms with van der Waals surface area (Å²) in [6.07, 6.45) is 0.298. The monoisotopic (exact) mass is 382 g/mol. The number of carbonyl (C=O) groups is 2. The Bertz CT molecular complexity index is 911. The van der Waals surface area contributed by atoms with Gasteiger partial charge in [-0.1, -0.05) is 18.2 Å². The number of ether oxygens (including phenoxy) is 1. The summed E-state index contributed by atoms with van der Waals surface area (Å²) < 4.78 is 5.05. The lowest BCUT2D eigenvalue weighted by Gasteiger charge is -2.10. The van der Waals surface area contributed by atoms with Crippen LogP contribution >= 0.6 is 11.3 Å². The lowest BCUT2D eigenvalue weighted by molar-refractivity contribution is -0.115. The van der Waals surface area contributed by atoms with Crippen LogP contribution in [0.3, 0.4) is 0 Å². The van der Waals surface area contributed by atoms with Crippen molar-refractivity contribution in [2.75, 3.05) is 17.2 Å². The smallest absolute Gasteiger partial charge is 0.340 e. The number of hydrogen-bond donors (Lipinski definition) is 2. The molecule has 0 saturated carbocycles. The summed E-state index contributed by atoms with van der Waals surface area (Å²) in [5.74, 6) is 0.245. The van der Waals surface area contributed by atoms with Crippen molar-refractivity contribution in [1.82, 2.24) is 10.2 Å². The molecule has 0 bridgehead atoms. The Balaban J connectivity index is 1.64. The number of amides is 1. The molecule has 138 valence electrons. The zero-order chi connectivity index (χ0) is 19.1. The highest BCUT2D eigenvalue weighted by Gasteiger charge is 2.12. The fourth-order valence-corrected chi connectivity index (χ4v) is 3.04. The van der Waals surface area contributed by atoms with Crippen molar-refractivity contribution in [2.24, 2.45) is 0 Å². The second kappa shape index (κ2) is 8.91. The Hall–Kier alpha value is -3.26. The van der Waals surface area contributed by atoms with Crippen LogP contribution in [0.15, 0.2) is 53.9 Å². The zero-order valence-electron chi connectivity index (χ0n) is 14.6. The van der Waals surface area contributed by atoms with E-state index in [4.69, 9.17) is 4.74 Å². The van der Waals surface area contributed by atoms with Gasteiger partial charge in [-0.25, -0.2) is 4.79 Å². The molecule has 0 aliphatic rings. The Morgan fingerprint density at radius 3 is 2.52 bits per heavy atom. The molecule has 0 spiro atoms. The van der Waals surface area contributed by atoms with E-state index < -0.39 is 5.97 Å². The van der Waals surface area contributed by atoms with Crippen molar-refractivity contribution in [3.8, 4) is 0 Å². The number of thiophene rings is 1. The number of para-hydroxylation sites is 1. The average Bonchev–Trinajstić information content (AvgIpc) is 3.17. The van der Waals surface area contributed by atoms with Gasteiger partial charge >= 0.3 is 5.97 Å². The maximum absolute atomic E-state index is 12.0. The van der Waals surface area contributed by atoms with Crippen LogP contribution in [0.25, 0.3) is 0 Å². The first kappa shape index (κ1) is 18.5. The number of nitrogens with one attached hydrogen (secondary N) is 2. The minimum atomic E-state index is -0.411. The van der Waals surface area contributed by atoms with Crippen LogP contribution in [0.5, 0.6) is 0 Å². The van der Waals surface area contributed by atoms with E-state index in [0.29, 0.717) is 35.9 Å². The van der Waals surface area contributed by atoms with E-state index in [1.54, 1.807) is 43.3 Å². The molecule has 0 saturated heterocycles. The maximum Gasteiger partial charge on any atom is 0.340 e. The molecule has 8 heteroatoms. The highest BCUT2D eigenvalue weighted by molar-refractivity contribution is 7.10. The van der Waals surface area contributed by atoms with Crippen molar-refractivity contribution in [2.45, 2.75) is 13.3 Å². The molecule has 7 nitrogen and oxygen atoms in total. The Morgan fingerprint density at radius 1 is 1.04 bits per heavy atom. The Labute approximate surface area is 160 Å². The molecule has 0 aliphatic carbocycles. The third-order valence-electron chi connectivity index (χ3n) is 3.53. The van der Waals surface area contributed by atoms with Gasteiger partial charge in [0.1, 0.15) is 0 Å². The summed E-state index contributed by atoms with van der Waals surface area (Å²) in [7, 11) is 0. The van der Waals surface area contributed by atoms with Crippen LogP contribution in [0.2, 0.25) is 0 Å². The fraction of sp³-hybridized carbons (Fsp3) is 0.158. The SMILES string of the molecule is CCOC(=O)c1ccccc1Nc1ccc(NC(=O)Cc2cccs2)nn1. The number of hydrogen-bond acceptors (Lipinski definition) is 7. The fourth-order valence-electron chi connectivity index (χ4n) is 2.34. The Kier molecular flexibility index (Phi) is 6.11. The summed E-state index contributed by atoms with van der Waals surface area (Å²) in [6.45, 7) is 2.05. The summed E-state index contributed by atoms with van der Waals surface area (Å²) in [5, 5.41) is 15.7. The lowest BCUT2D eigenvalue weighted by atomic mass is 10.2. The number of rotatable bonds is 7. The molecular formula is C19H18N4O3S. The van der Waals surface area contributed by atoms with Crippen LogP contribution in [0, 0.1) is 0 Å². The first-order valence-electron chi connectivity index (χ1n) is 8.35. The number of carbonyl (C=O) groups excluding carboxylic acids is 2. The lowest BCUT2D eigenvalue weighted by Crippen LogP contribution is -2.15. The van der Waals surface area contributed by atoms with Gasteiger partial charge in [-0.15, -0.1) is 21.5 Å². The normalized spacial score (nSPS) is 10.3. The largest absolute Gasteiger partial charge is 0.462 e. The predicted molar refractivity (Wildman–Crippen MR) is 104 cm³/mol. The van der Waals surface area contributed by atoms with E-state index >= 15 is 0 Å². The van der Waals surface area contributed by atoms with Crippen molar-refractivity contribution in [3.05, 3.63) is 64.4 Å². The van der Waals surface area contributed by atoms with Crippen LogP contribution in [-0.2, 0) is 16.0 Å². The van der Waals surface area contributed by atoms with Gasteiger partial charge in [-0.3, -0.25) is 4.79 Å². The molecule has 0 fully saturated rings. The quantitative estimate of drug-likeness (QED) is 0.606. The molecule has 1 aromatic carbocycles. The van der Waals surface area contributed by atoms with Crippen molar-refractivity contribution >= 4 is 40.5 Å².